The molecule has 3 aromatic rings. The van der Waals surface area contributed by atoms with E-state index in [-0.39, 0.29) is 11.5 Å². The number of ether oxygens (including phenoxy) is 1. The number of nitrogens with one attached hydrogen (secondary N) is 1. The zero-order valence-corrected chi connectivity index (χ0v) is 18.7. The summed E-state index contributed by atoms with van der Waals surface area (Å²) in [5, 5.41) is 22.1. The summed E-state index contributed by atoms with van der Waals surface area (Å²) in [6.45, 7) is 3.69. The summed E-state index contributed by atoms with van der Waals surface area (Å²) in [5.74, 6) is 1.97. The fourth-order valence-corrected chi connectivity index (χ4v) is 3.40. The monoisotopic (exact) mass is 430 g/mol. The Labute approximate surface area is 189 Å². The lowest BCUT2D eigenvalue weighted by molar-refractivity contribution is 0.414. The van der Waals surface area contributed by atoms with E-state index in [1.54, 1.807) is 25.1 Å². The summed E-state index contributed by atoms with van der Waals surface area (Å²) in [4.78, 5) is 0. The first-order valence-electron chi connectivity index (χ1n) is 10.5. The first-order valence-corrected chi connectivity index (χ1v) is 10.5. The molecule has 0 radical (unpaired) electrons. The van der Waals surface area contributed by atoms with Gasteiger partial charge in [0, 0.05) is 24.5 Å². The molecule has 0 fully saturated rings. The van der Waals surface area contributed by atoms with Gasteiger partial charge in [-0.3, -0.25) is 0 Å². The molecule has 0 aliphatic heterocycles. The number of hydrogen-bond acceptors (Lipinski definition) is 5. The number of rotatable bonds is 8. The van der Waals surface area contributed by atoms with Crippen molar-refractivity contribution in [1.29, 1.82) is 0 Å². The van der Waals surface area contributed by atoms with E-state index in [1.165, 1.54) is 0 Å². The van der Waals surface area contributed by atoms with Crippen LogP contribution in [0.2, 0.25) is 0 Å². The number of hydrogen-bond donors (Lipinski definition) is 4. The van der Waals surface area contributed by atoms with Crippen molar-refractivity contribution in [3.8, 4) is 17.2 Å². The Morgan fingerprint density at radius 1 is 0.938 bits per heavy atom. The molecule has 3 rings (SSSR count). The summed E-state index contributed by atoms with van der Waals surface area (Å²) in [6, 6.07) is 18.7. The predicted octanol–water partition coefficient (Wildman–Crippen LogP) is 6.35. The van der Waals surface area contributed by atoms with Crippen molar-refractivity contribution in [3.63, 3.8) is 0 Å². The van der Waals surface area contributed by atoms with Crippen LogP contribution in [0.1, 0.15) is 30.5 Å². The number of aliphatic hydroxyl groups is 1. The molecule has 0 amide bonds. The van der Waals surface area contributed by atoms with Gasteiger partial charge < -0.3 is 26.0 Å². The molecule has 0 aromatic heterocycles. The minimum absolute atomic E-state index is 0.244. The Morgan fingerprint density at radius 2 is 1.62 bits per heavy atom. The SMILES string of the molecule is CNc1cc(Oc2ccc(N)c(Cc3ccc(O)cc3)c2)ccc1C/C(C)=C/C=C(\C)O. The van der Waals surface area contributed by atoms with Crippen molar-refractivity contribution in [1.82, 2.24) is 0 Å². The van der Waals surface area contributed by atoms with Gasteiger partial charge in [0.05, 0.1) is 5.76 Å². The third-order valence-electron chi connectivity index (χ3n) is 5.11. The van der Waals surface area contributed by atoms with Crippen LogP contribution in [-0.2, 0) is 12.8 Å². The highest BCUT2D eigenvalue weighted by molar-refractivity contribution is 5.57. The molecule has 5 nitrogen and oxygen atoms in total. The molecule has 0 spiro atoms. The number of nitrogen functional groups attached to an aromatic ring is 1. The van der Waals surface area contributed by atoms with Gasteiger partial charge in [-0.25, -0.2) is 0 Å². The van der Waals surface area contributed by atoms with Crippen LogP contribution < -0.4 is 15.8 Å². The smallest absolute Gasteiger partial charge is 0.129 e. The van der Waals surface area contributed by atoms with Gasteiger partial charge >= 0.3 is 0 Å². The van der Waals surface area contributed by atoms with Crippen LogP contribution in [0.4, 0.5) is 11.4 Å². The molecule has 0 heterocycles. The van der Waals surface area contributed by atoms with E-state index in [2.05, 4.69) is 5.32 Å². The zero-order chi connectivity index (χ0) is 23.1. The number of allylic oxidation sites excluding steroid dienone is 4. The van der Waals surface area contributed by atoms with E-state index in [9.17, 15) is 10.2 Å². The number of aliphatic hydroxyl groups excluding tert-OH is 1. The number of nitrogens with two attached hydrogens (primary N) is 1. The van der Waals surface area contributed by atoms with E-state index in [4.69, 9.17) is 10.5 Å². The average Bonchev–Trinajstić information content (AvgIpc) is 2.77. The van der Waals surface area contributed by atoms with Crippen LogP contribution in [0.25, 0.3) is 0 Å². The lowest BCUT2D eigenvalue weighted by Gasteiger charge is -2.14. The maximum absolute atomic E-state index is 9.48. The highest BCUT2D eigenvalue weighted by Gasteiger charge is 2.08. The Balaban J connectivity index is 1.77. The highest BCUT2D eigenvalue weighted by Crippen LogP contribution is 2.30. The molecule has 0 saturated carbocycles. The standard InChI is InChI=1S/C27H30N2O3/c1-18(4-5-19(2)30)14-21-8-11-25(17-27(21)29-3)32-24-12-13-26(28)22(16-24)15-20-6-9-23(31)10-7-20/h4-13,16-17,29-31H,14-15,28H2,1-3H3/b18-4+,19-5+. The number of benzene rings is 3. The van der Waals surface area contributed by atoms with Gasteiger partial charge in [0.25, 0.3) is 0 Å². The third kappa shape index (κ3) is 6.32. The van der Waals surface area contributed by atoms with Crippen molar-refractivity contribution in [2.75, 3.05) is 18.1 Å². The number of aromatic hydroxyl groups is 1. The van der Waals surface area contributed by atoms with Crippen molar-refractivity contribution in [2.45, 2.75) is 26.7 Å². The van der Waals surface area contributed by atoms with Crippen LogP contribution >= 0.6 is 0 Å². The molecular weight excluding hydrogens is 400 g/mol. The minimum Gasteiger partial charge on any atom is -0.513 e. The highest BCUT2D eigenvalue weighted by atomic mass is 16.5. The molecule has 166 valence electrons. The van der Waals surface area contributed by atoms with Crippen molar-refractivity contribution in [2.24, 2.45) is 0 Å². The first-order chi connectivity index (χ1) is 15.3. The van der Waals surface area contributed by atoms with Crippen LogP contribution in [0.3, 0.4) is 0 Å². The first kappa shape index (κ1) is 22.8. The van der Waals surface area contributed by atoms with Gasteiger partial charge in [-0.2, -0.15) is 0 Å². The summed E-state index contributed by atoms with van der Waals surface area (Å²) in [7, 11) is 1.89. The fraction of sp³-hybridized carbons (Fsp3) is 0.185. The third-order valence-corrected chi connectivity index (χ3v) is 5.11. The lowest BCUT2D eigenvalue weighted by atomic mass is 10.0. The summed E-state index contributed by atoms with van der Waals surface area (Å²) in [5.41, 5.74) is 12.2. The quantitative estimate of drug-likeness (QED) is 0.190. The molecule has 5 heteroatoms. The Hall–Kier alpha value is -3.86. The Kier molecular flexibility index (Phi) is 7.45. The van der Waals surface area contributed by atoms with Gasteiger partial charge in [0.15, 0.2) is 0 Å². The molecule has 0 unspecified atom stereocenters. The lowest BCUT2D eigenvalue weighted by Crippen LogP contribution is -1.99. The van der Waals surface area contributed by atoms with E-state index in [0.29, 0.717) is 17.9 Å². The van der Waals surface area contributed by atoms with E-state index in [0.717, 1.165) is 40.1 Å². The number of phenolic OH excluding ortho intramolecular Hbond substituents is 1. The maximum Gasteiger partial charge on any atom is 0.129 e. The minimum atomic E-state index is 0.244. The van der Waals surface area contributed by atoms with Gasteiger partial charge in [0.1, 0.15) is 17.2 Å². The van der Waals surface area contributed by atoms with Crippen molar-refractivity contribution in [3.05, 3.63) is 101 Å². The van der Waals surface area contributed by atoms with Crippen LogP contribution in [0.5, 0.6) is 17.2 Å². The van der Waals surface area contributed by atoms with Crippen molar-refractivity contribution < 1.29 is 14.9 Å². The largest absolute Gasteiger partial charge is 0.513 e. The van der Waals surface area contributed by atoms with Gasteiger partial charge in [0.2, 0.25) is 0 Å². The van der Waals surface area contributed by atoms with Gasteiger partial charge in [-0.15, -0.1) is 0 Å². The molecule has 0 bridgehead atoms. The van der Waals surface area contributed by atoms with Gasteiger partial charge in [-0.05, 0) is 85.9 Å². The molecule has 5 N–H and O–H groups in total. The van der Waals surface area contributed by atoms with Crippen LogP contribution in [0.15, 0.2) is 84.1 Å². The molecular formula is C27H30N2O3. The second kappa shape index (κ2) is 10.4. The fourth-order valence-electron chi connectivity index (χ4n) is 3.40. The normalized spacial score (nSPS) is 12.0. The molecule has 32 heavy (non-hydrogen) atoms. The van der Waals surface area contributed by atoms with E-state index >= 15 is 0 Å². The number of phenols is 1. The molecule has 0 saturated heterocycles. The van der Waals surface area contributed by atoms with Gasteiger partial charge in [-0.1, -0.05) is 29.8 Å². The molecule has 0 aliphatic rings. The van der Waals surface area contributed by atoms with E-state index in [1.807, 2.05) is 68.6 Å². The molecule has 0 atom stereocenters. The second-order valence-electron chi connectivity index (χ2n) is 7.87. The molecule has 0 aliphatic carbocycles. The average molecular weight is 431 g/mol. The van der Waals surface area contributed by atoms with Crippen molar-refractivity contribution >= 4 is 11.4 Å². The van der Waals surface area contributed by atoms with E-state index < -0.39 is 0 Å². The Bertz CT molecular complexity index is 1130. The molecule has 3 aromatic carbocycles. The van der Waals surface area contributed by atoms with Crippen LogP contribution in [0, 0.1) is 0 Å². The maximum atomic E-state index is 9.48. The summed E-state index contributed by atoms with van der Waals surface area (Å²) < 4.78 is 6.12. The topological polar surface area (TPSA) is 87.7 Å². The summed E-state index contributed by atoms with van der Waals surface area (Å²) >= 11 is 0. The second-order valence-corrected chi connectivity index (χ2v) is 7.87. The Morgan fingerprint density at radius 3 is 2.31 bits per heavy atom. The van der Waals surface area contributed by atoms with Crippen LogP contribution in [-0.4, -0.2) is 17.3 Å². The number of anilines is 2. The predicted molar refractivity (Wildman–Crippen MR) is 132 cm³/mol. The zero-order valence-electron chi connectivity index (χ0n) is 18.7. The summed E-state index contributed by atoms with van der Waals surface area (Å²) in [6.07, 6.45) is 5.03.